The maximum absolute atomic E-state index is 13.3. The molecular weight excluding hydrogens is 424 g/mol. The SMILES string of the molecule is COSOC1=C(C(=O)OC(c2ccccc2)c2ccccc2)N2C(=O)C(N)C2SC1. The zero-order chi connectivity index (χ0) is 21.1. The Morgan fingerprint density at radius 1 is 1.13 bits per heavy atom. The van der Waals surface area contributed by atoms with E-state index in [9.17, 15) is 9.59 Å². The van der Waals surface area contributed by atoms with E-state index in [-0.39, 0.29) is 17.0 Å². The van der Waals surface area contributed by atoms with Crippen LogP contribution in [0.4, 0.5) is 0 Å². The van der Waals surface area contributed by atoms with Gasteiger partial charge in [-0.2, -0.15) is 0 Å². The molecule has 2 atom stereocenters. The minimum Gasteiger partial charge on any atom is -0.448 e. The van der Waals surface area contributed by atoms with E-state index in [1.165, 1.54) is 23.8 Å². The number of ether oxygens (including phenoxy) is 1. The summed E-state index contributed by atoms with van der Waals surface area (Å²) in [7, 11) is 1.45. The van der Waals surface area contributed by atoms with Gasteiger partial charge in [-0.05, 0) is 11.1 Å². The molecule has 156 valence electrons. The van der Waals surface area contributed by atoms with Crippen molar-refractivity contribution in [2.45, 2.75) is 17.5 Å². The predicted octanol–water partition coefficient (Wildman–Crippen LogP) is 3.00. The summed E-state index contributed by atoms with van der Waals surface area (Å²) in [4.78, 5) is 27.1. The van der Waals surface area contributed by atoms with Gasteiger partial charge in [-0.1, -0.05) is 60.7 Å². The van der Waals surface area contributed by atoms with E-state index in [2.05, 4.69) is 0 Å². The van der Waals surface area contributed by atoms with Crippen LogP contribution in [-0.2, 0) is 22.7 Å². The Hall–Kier alpha value is -2.46. The summed E-state index contributed by atoms with van der Waals surface area (Å²) in [5.41, 5.74) is 7.62. The molecule has 1 amide bonds. The van der Waals surface area contributed by atoms with Gasteiger partial charge in [-0.3, -0.25) is 13.9 Å². The Kier molecular flexibility index (Phi) is 6.33. The first-order chi connectivity index (χ1) is 14.6. The molecule has 1 saturated heterocycles. The summed E-state index contributed by atoms with van der Waals surface area (Å²) in [6.07, 6.45) is -0.637. The Labute approximate surface area is 182 Å². The number of amides is 1. The number of nitrogens with two attached hydrogens (primary N) is 1. The molecule has 2 aromatic carbocycles. The standard InChI is InChI=1S/C21H20N2O5S2/c1-26-30-28-15-12-29-20-16(22)19(24)23(20)17(15)21(25)27-18(13-8-4-2-5-9-13)14-10-6-3-7-11-14/h2-11,16,18,20H,12,22H2,1H3. The van der Waals surface area contributed by atoms with Crippen LogP contribution >= 0.6 is 24.1 Å². The van der Waals surface area contributed by atoms with Crippen LogP contribution < -0.4 is 5.73 Å². The molecule has 2 unspecified atom stereocenters. The van der Waals surface area contributed by atoms with Crippen molar-refractivity contribution in [1.82, 2.24) is 4.90 Å². The first kappa shape index (κ1) is 20.8. The van der Waals surface area contributed by atoms with Crippen molar-refractivity contribution >= 4 is 36.0 Å². The molecule has 2 aromatic rings. The summed E-state index contributed by atoms with van der Waals surface area (Å²) in [6, 6.07) is 18.2. The van der Waals surface area contributed by atoms with Gasteiger partial charge in [0, 0.05) is 0 Å². The topological polar surface area (TPSA) is 91.1 Å². The van der Waals surface area contributed by atoms with Crippen LogP contribution in [0.5, 0.6) is 0 Å². The number of carbonyl (C=O) groups excluding carboxylic acids is 2. The number of rotatable bonds is 7. The van der Waals surface area contributed by atoms with Crippen LogP contribution in [0.25, 0.3) is 0 Å². The molecule has 1 fully saturated rings. The molecule has 9 heteroatoms. The number of thioether (sulfide) groups is 1. The van der Waals surface area contributed by atoms with Crippen molar-refractivity contribution < 1.29 is 22.7 Å². The number of carbonyl (C=O) groups is 2. The summed E-state index contributed by atoms with van der Waals surface area (Å²) >= 11 is 2.17. The van der Waals surface area contributed by atoms with Crippen LogP contribution in [0.15, 0.2) is 72.1 Å². The van der Waals surface area contributed by atoms with Crippen LogP contribution in [0.3, 0.4) is 0 Å². The first-order valence-electron chi connectivity index (χ1n) is 9.23. The van der Waals surface area contributed by atoms with E-state index in [4.69, 9.17) is 18.8 Å². The summed E-state index contributed by atoms with van der Waals surface area (Å²) in [6.45, 7) is 0. The van der Waals surface area contributed by atoms with Crippen molar-refractivity contribution in [3.63, 3.8) is 0 Å². The van der Waals surface area contributed by atoms with Gasteiger partial charge in [-0.15, -0.1) is 11.8 Å². The van der Waals surface area contributed by atoms with Gasteiger partial charge >= 0.3 is 5.97 Å². The van der Waals surface area contributed by atoms with E-state index >= 15 is 0 Å². The normalized spacial score (nSPS) is 20.6. The molecule has 0 aromatic heterocycles. The third kappa shape index (κ3) is 3.93. The highest BCUT2D eigenvalue weighted by Crippen LogP contribution is 2.41. The monoisotopic (exact) mass is 444 g/mol. The van der Waals surface area contributed by atoms with E-state index in [0.29, 0.717) is 11.5 Å². The van der Waals surface area contributed by atoms with E-state index < -0.39 is 18.1 Å². The number of nitrogens with zero attached hydrogens (tertiary/aromatic N) is 1. The van der Waals surface area contributed by atoms with Crippen molar-refractivity contribution in [3.05, 3.63) is 83.2 Å². The molecule has 0 spiro atoms. The fourth-order valence-electron chi connectivity index (χ4n) is 3.36. The van der Waals surface area contributed by atoms with Gasteiger partial charge in [-0.25, -0.2) is 4.79 Å². The Balaban J connectivity index is 1.67. The van der Waals surface area contributed by atoms with Crippen molar-refractivity contribution in [2.24, 2.45) is 5.73 Å². The zero-order valence-electron chi connectivity index (χ0n) is 16.1. The second-order valence-electron chi connectivity index (χ2n) is 6.63. The van der Waals surface area contributed by atoms with Crippen molar-refractivity contribution in [1.29, 1.82) is 0 Å². The maximum atomic E-state index is 13.3. The van der Waals surface area contributed by atoms with E-state index in [1.807, 2.05) is 60.7 Å². The molecule has 2 N–H and O–H groups in total. The lowest BCUT2D eigenvalue weighted by Gasteiger charge is -2.47. The molecule has 0 saturated carbocycles. The maximum Gasteiger partial charge on any atom is 0.359 e. The number of β-lactam (4-membered cyclic amide) rings is 1. The lowest BCUT2D eigenvalue weighted by atomic mass is 10.0. The molecule has 2 aliphatic rings. The van der Waals surface area contributed by atoms with Crippen LogP contribution in [0.1, 0.15) is 17.2 Å². The third-order valence-corrected chi connectivity index (χ3v) is 6.48. The third-order valence-electron chi connectivity index (χ3n) is 4.80. The molecule has 2 heterocycles. The first-order valence-corrected chi connectivity index (χ1v) is 10.9. The smallest absolute Gasteiger partial charge is 0.359 e. The quantitative estimate of drug-likeness (QED) is 0.396. The van der Waals surface area contributed by atoms with Crippen molar-refractivity contribution in [2.75, 3.05) is 12.9 Å². The van der Waals surface area contributed by atoms with Gasteiger partial charge in [0.2, 0.25) is 18.2 Å². The lowest BCUT2D eigenvalue weighted by Crippen LogP contribution is -2.68. The molecule has 0 aliphatic carbocycles. The number of hydrogen-bond donors (Lipinski definition) is 1. The fraction of sp³-hybridized carbons (Fsp3) is 0.238. The van der Waals surface area contributed by atoms with Crippen LogP contribution in [0, 0.1) is 0 Å². The zero-order valence-corrected chi connectivity index (χ0v) is 17.7. The predicted molar refractivity (Wildman–Crippen MR) is 115 cm³/mol. The van der Waals surface area contributed by atoms with Gasteiger partial charge < -0.3 is 14.7 Å². The van der Waals surface area contributed by atoms with Gasteiger partial charge in [0.25, 0.3) is 0 Å². The molecule has 0 radical (unpaired) electrons. The molecule has 4 rings (SSSR count). The second kappa shape index (κ2) is 9.13. The number of fused-ring (bicyclic) bond motifs is 1. The summed E-state index contributed by atoms with van der Waals surface area (Å²) < 4.78 is 16.3. The number of benzene rings is 2. The average Bonchev–Trinajstić information content (AvgIpc) is 2.81. The highest BCUT2D eigenvalue weighted by molar-refractivity contribution is 8.00. The Morgan fingerprint density at radius 2 is 1.73 bits per heavy atom. The molecule has 2 aliphatic heterocycles. The minimum absolute atomic E-state index is 0.0758. The Bertz CT molecular complexity index is 915. The summed E-state index contributed by atoms with van der Waals surface area (Å²) in [5.74, 6) is -0.290. The highest BCUT2D eigenvalue weighted by Gasteiger charge is 2.53. The number of hydrogen-bond acceptors (Lipinski definition) is 8. The highest BCUT2D eigenvalue weighted by atomic mass is 32.2. The molecule has 30 heavy (non-hydrogen) atoms. The van der Waals surface area contributed by atoms with Crippen LogP contribution in [0.2, 0.25) is 0 Å². The van der Waals surface area contributed by atoms with Gasteiger partial charge in [0.05, 0.1) is 12.9 Å². The van der Waals surface area contributed by atoms with Gasteiger partial charge in [0.1, 0.15) is 11.4 Å². The largest absolute Gasteiger partial charge is 0.448 e. The van der Waals surface area contributed by atoms with Crippen LogP contribution in [-0.4, -0.2) is 41.1 Å². The van der Waals surface area contributed by atoms with Crippen molar-refractivity contribution in [3.8, 4) is 0 Å². The molecular formula is C21H20N2O5S2. The summed E-state index contributed by atoms with van der Waals surface area (Å²) in [5, 5.41) is -0.313. The second-order valence-corrected chi connectivity index (χ2v) is 8.37. The average molecular weight is 445 g/mol. The lowest BCUT2D eigenvalue weighted by molar-refractivity contribution is -0.153. The molecule has 0 bridgehead atoms. The van der Waals surface area contributed by atoms with Gasteiger partial charge in [0.15, 0.2) is 17.6 Å². The Morgan fingerprint density at radius 3 is 2.30 bits per heavy atom. The fourth-order valence-corrected chi connectivity index (χ4v) is 4.93. The van der Waals surface area contributed by atoms with E-state index in [0.717, 1.165) is 23.5 Å². The number of esters is 1. The molecule has 7 nitrogen and oxygen atoms in total. The van der Waals surface area contributed by atoms with E-state index in [1.54, 1.807) is 0 Å². The minimum atomic E-state index is -0.648.